The van der Waals surface area contributed by atoms with Crippen LogP contribution >= 0.6 is 0 Å². The zero-order valence-electron chi connectivity index (χ0n) is 9.69. The quantitative estimate of drug-likeness (QED) is 0.690. The standard InChI is InChI=1S/C10H18N4O2/c1-3-4-7-13-9(12)8(11)10(14-7)16-6-5-15-2/h3-6,11H2,1-2H3,(H2,12,13,14). The minimum absolute atomic E-state index is 0.269. The van der Waals surface area contributed by atoms with Crippen LogP contribution in [0.1, 0.15) is 19.2 Å². The fraction of sp³-hybridized carbons (Fsp3) is 0.600. The lowest BCUT2D eigenvalue weighted by Crippen LogP contribution is -2.11. The van der Waals surface area contributed by atoms with E-state index in [2.05, 4.69) is 9.97 Å². The Hall–Kier alpha value is -1.56. The fourth-order valence-electron chi connectivity index (χ4n) is 1.18. The number of anilines is 2. The number of nitrogens with two attached hydrogens (primary N) is 2. The maximum atomic E-state index is 5.71. The van der Waals surface area contributed by atoms with Gasteiger partial charge in [0.05, 0.1) is 6.61 Å². The molecule has 0 amide bonds. The zero-order chi connectivity index (χ0) is 12.0. The van der Waals surface area contributed by atoms with Gasteiger partial charge in [-0.1, -0.05) is 6.92 Å². The third-order valence-corrected chi connectivity index (χ3v) is 1.99. The van der Waals surface area contributed by atoms with Crippen molar-refractivity contribution in [3.05, 3.63) is 5.82 Å². The van der Waals surface area contributed by atoms with Crippen molar-refractivity contribution in [1.82, 2.24) is 9.97 Å². The lowest BCUT2D eigenvalue weighted by Gasteiger charge is -2.10. The molecule has 6 heteroatoms. The van der Waals surface area contributed by atoms with Gasteiger partial charge in [0, 0.05) is 13.5 Å². The van der Waals surface area contributed by atoms with Gasteiger partial charge in [-0.2, -0.15) is 4.98 Å². The normalized spacial score (nSPS) is 10.4. The third kappa shape index (κ3) is 3.23. The van der Waals surface area contributed by atoms with Gasteiger partial charge in [0.1, 0.15) is 18.1 Å². The van der Waals surface area contributed by atoms with Crippen LogP contribution in [0.3, 0.4) is 0 Å². The Bertz CT molecular complexity index is 344. The van der Waals surface area contributed by atoms with Crippen molar-refractivity contribution >= 4 is 11.5 Å². The number of hydrogen-bond donors (Lipinski definition) is 2. The molecule has 0 saturated carbocycles. The first-order valence-corrected chi connectivity index (χ1v) is 5.22. The summed E-state index contributed by atoms with van der Waals surface area (Å²) in [5.41, 5.74) is 11.7. The van der Waals surface area contributed by atoms with Crippen molar-refractivity contribution in [3.8, 4) is 5.88 Å². The molecular formula is C10H18N4O2. The molecule has 0 aliphatic rings. The largest absolute Gasteiger partial charge is 0.474 e. The maximum Gasteiger partial charge on any atom is 0.242 e. The van der Waals surface area contributed by atoms with Crippen molar-refractivity contribution in [2.45, 2.75) is 19.8 Å². The molecule has 16 heavy (non-hydrogen) atoms. The molecule has 0 aliphatic carbocycles. The summed E-state index contributed by atoms with van der Waals surface area (Å²) in [5.74, 6) is 1.26. The second-order valence-electron chi connectivity index (χ2n) is 3.34. The molecule has 1 aromatic heterocycles. The lowest BCUT2D eigenvalue weighted by atomic mass is 10.3. The van der Waals surface area contributed by atoms with E-state index in [1.807, 2.05) is 6.92 Å². The first-order valence-electron chi connectivity index (χ1n) is 5.22. The van der Waals surface area contributed by atoms with E-state index < -0.39 is 0 Å². The van der Waals surface area contributed by atoms with E-state index in [0.717, 1.165) is 12.8 Å². The average Bonchev–Trinajstić information content (AvgIpc) is 2.25. The topological polar surface area (TPSA) is 96.3 Å². The van der Waals surface area contributed by atoms with Gasteiger partial charge in [-0.15, -0.1) is 0 Å². The van der Waals surface area contributed by atoms with Crippen LogP contribution in [-0.4, -0.2) is 30.3 Å². The van der Waals surface area contributed by atoms with Gasteiger partial charge in [-0.3, -0.25) is 0 Å². The van der Waals surface area contributed by atoms with Gasteiger partial charge < -0.3 is 20.9 Å². The van der Waals surface area contributed by atoms with Crippen molar-refractivity contribution in [2.75, 3.05) is 31.8 Å². The van der Waals surface area contributed by atoms with Crippen LogP contribution in [0.4, 0.5) is 11.5 Å². The number of nitrogens with zero attached hydrogens (tertiary/aromatic N) is 2. The van der Waals surface area contributed by atoms with E-state index in [1.54, 1.807) is 7.11 Å². The molecule has 0 spiro atoms. The molecule has 0 bridgehead atoms. The Morgan fingerprint density at radius 1 is 1.19 bits per heavy atom. The number of rotatable bonds is 6. The molecule has 1 heterocycles. The third-order valence-electron chi connectivity index (χ3n) is 1.99. The molecule has 0 aromatic carbocycles. The summed E-state index contributed by atoms with van der Waals surface area (Å²) in [7, 11) is 1.60. The monoisotopic (exact) mass is 226 g/mol. The summed E-state index contributed by atoms with van der Waals surface area (Å²) in [6.45, 7) is 2.91. The van der Waals surface area contributed by atoms with Gasteiger partial charge in [0.2, 0.25) is 5.88 Å². The Labute approximate surface area is 95.0 Å². The van der Waals surface area contributed by atoms with Gasteiger partial charge in [0.15, 0.2) is 5.82 Å². The van der Waals surface area contributed by atoms with Crippen LogP contribution in [0.2, 0.25) is 0 Å². The highest BCUT2D eigenvalue weighted by molar-refractivity contribution is 5.64. The minimum Gasteiger partial charge on any atom is -0.474 e. The smallest absolute Gasteiger partial charge is 0.242 e. The first-order chi connectivity index (χ1) is 7.69. The van der Waals surface area contributed by atoms with Crippen LogP contribution in [0.15, 0.2) is 0 Å². The number of nitrogen functional groups attached to an aromatic ring is 2. The van der Waals surface area contributed by atoms with E-state index in [1.165, 1.54) is 0 Å². The molecule has 0 unspecified atom stereocenters. The molecule has 1 aromatic rings. The predicted octanol–water partition coefficient (Wildman–Crippen LogP) is 0.619. The van der Waals surface area contributed by atoms with Gasteiger partial charge in [0.25, 0.3) is 0 Å². The number of methoxy groups -OCH3 is 1. The first kappa shape index (κ1) is 12.5. The van der Waals surface area contributed by atoms with E-state index in [4.69, 9.17) is 20.9 Å². The number of aryl methyl sites for hydroxylation is 1. The summed E-state index contributed by atoms with van der Waals surface area (Å²) >= 11 is 0. The summed E-state index contributed by atoms with van der Waals surface area (Å²) < 4.78 is 10.2. The van der Waals surface area contributed by atoms with Crippen LogP contribution in [0, 0.1) is 0 Å². The molecule has 6 nitrogen and oxygen atoms in total. The summed E-state index contributed by atoms with van der Waals surface area (Å²) in [5, 5.41) is 0. The maximum absolute atomic E-state index is 5.71. The lowest BCUT2D eigenvalue weighted by molar-refractivity contribution is 0.144. The summed E-state index contributed by atoms with van der Waals surface area (Å²) in [6.07, 6.45) is 1.70. The second-order valence-corrected chi connectivity index (χ2v) is 3.34. The average molecular weight is 226 g/mol. The van der Waals surface area contributed by atoms with Gasteiger partial charge in [-0.05, 0) is 6.42 Å². The molecule has 0 atom stereocenters. The van der Waals surface area contributed by atoms with Crippen LogP contribution in [0.25, 0.3) is 0 Å². The van der Waals surface area contributed by atoms with E-state index >= 15 is 0 Å². The number of ether oxygens (including phenoxy) is 2. The summed E-state index contributed by atoms with van der Waals surface area (Å²) in [6, 6.07) is 0. The minimum atomic E-state index is 0.269. The van der Waals surface area contributed by atoms with Gasteiger partial charge in [-0.25, -0.2) is 4.98 Å². The Kier molecular flexibility index (Phi) is 4.78. The molecule has 1 rings (SSSR count). The second kappa shape index (κ2) is 6.12. The van der Waals surface area contributed by atoms with Crippen LogP contribution in [0.5, 0.6) is 5.88 Å². The SMILES string of the molecule is CCCc1nc(N)c(N)c(OCCOC)n1. The van der Waals surface area contributed by atoms with Crippen molar-refractivity contribution in [3.63, 3.8) is 0 Å². The van der Waals surface area contributed by atoms with E-state index in [-0.39, 0.29) is 11.5 Å². The fourth-order valence-corrected chi connectivity index (χ4v) is 1.18. The summed E-state index contributed by atoms with van der Waals surface area (Å²) in [4.78, 5) is 8.28. The molecular weight excluding hydrogens is 208 g/mol. The van der Waals surface area contributed by atoms with E-state index in [9.17, 15) is 0 Å². The van der Waals surface area contributed by atoms with Crippen LogP contribution < -0.4 is 16.2 Å². The molecule has 4 N–H and O–H groups in total. The number of aromatic nitrogens is 2. The highest BCUT2D eigenvalue weighted by Crippen LogP contribution is 2.23. The Balaban J connectivity index is 2.79. The predicted molar refractivity (Wildman–Crippen MR) is 62.2 cm³/mol. The Morgan fingerprint density at radius 3 is 2.56 bits per heavy atom. The molecule has 0 radical (unpaired) electrons. The van der Waals surface area contributed by atoms with Gasteiger partial charge >= 0.3 is 0 Å². The molecule has 0 aliphatic heterocycles. The van der Waals surface area contributed by atoms with Crippen molar-refractivity contribution < 1.29 is 9.47 Å². The van der Waals surface area contributed by atoms with Crippen molar-refractivity contribution in [1.29, 1.82) is 0 Å². The highest BCUT2D eigenvalue weighted by atomic mass is 16.5. The molecule has 0 saturated heterocycles. The molecule has 90 valence electrons. The van der Waals surface area contributed by atoms with Crippen LogP contribution in [-0.2, 0) is 11.2 Å². The zero-order valence-corrected chi connectivity index (χ0v) is 9.69. The Morgan fingerprint density at radius 2 is 1.94 bits per heavy atom. The number of hydrogen-bond acceptors (Lipinski definition) is 6. The van der Waals surface area contributed by atoms with Crippen molar-refractivity contribution in [2.24, 2.45) is 0 Å². The van der Waals surface area contributed by atoms with E-state index in [0.29, 0.717) is 24.9 Å². The molecule has 0 fully saturated rings. The highest BCUT2D eigenvalue weighted by Gasteiger charge is 2.10.